The minimum atomic E-state index is 0. The molecule has 1 saturated heterocycles. The zero-order valence-electron chi connectivity index (χ0n) is 11.4. The zero-order valence-corrected chi connectivity index (χ0v) is 12.2. The van der Waals surface area contributed by atoms with Crippen LogP contribution in [0.1, 0.15) is 24.7 Å². The number of nitrogens with one attached hydrogen (secondary N) is 1. The van der Waals surface area contributed by atoms with E-state index in [9.17, 15) is 0 Å². The van der Waals surface area contributed by atoms with Crippen molar-refractivity contribution in [3.8, 4) is 11.6 Å². The smallest absolute Gasteiger partial charge is 0.238 e. The Morgan fingerprint density at radius 2 is 2.14 bits per heavy atom. The molecule has 0 spiro atoms. The molecule has 110 valence electrons. The average Bonchev–Trinajstić information content (AvgIpc) is 3.14. The molecule has 0 radical (unpaired) electrons. The highest BCUT2D eigenvalue weighted by Gasteiger charge is 2.22. The molecule has 5 nitrogen and oxygen atoms in total. The number of hydrogen-bond acceptors (Lipinski definition) is 5. The van der Waals surface area contributed by atoms with Crippen molar-refractivity contribution in [1.29, 1.82) is 0 Å². The van der Waals surface area contributed by atoms with E-state index in [2.05, 4.69) is 15.5 Å². The van der Waals surface area contributed by atoms with Crippen molar-refractivity contribution in [2.75, 3.05) is 13.1 Å². The Kier molecular flexibility index (Phi) is 3.94. The van der Waals surface area contributed by atoms with Crippen molar-refractivity contribution in [3.05, 3.63) is 36.2 Å². The molecule has 1 N–H and O–H groups in total. The second kappa shape index (κ2) is 5.87. The van der Waals surface area contributed by atoms with Gasteiger partial charge in [0.15, 0.2) is 5.76 Å². The van der Waals surface area contributed by atoms with Gasteiger partial charge < -0.3 is 14.3 Å². The number of rotatable bonds is 2. The van der Waals surface area contributed by atoms with E-state index in [1.54, 1.807) is 0 Å². The van der Waals surface area contributed by atoms with E-state index in [0.717, 1.165) is 36.9 Å². The molecule has 4 rings (SSSR count). The van der Waals surface area contributed by atoms with Crippen LogP contribution in [-0.2, 0) is 0 Å². The standard InChI is InChI=1S/C15H15N3O2.ClH/c1-2-6-12-10(4-1)8-13(19-12)14-17-15(20-18-14)11-5-3-7-16-9-11;/h1-2,4,6,8,11,16H,3,5,7,9H2;1H. The van der Waals surface area contributed by atoms with Gasteiger partial charge in [0, 0.05) is 11.9 Å². The van der Waals surface area contributed by atoms with Crippen molar-refractivity contribution in [2.24, 2.45) is 0 Å². The third-order valence-electron chi connectivity index (χ3n) is 3.73. The lowest BCUT2D eigenvalue weighted by molar-refractivity contribution is 0.322. The molecular formula is C15H16ClN3O2. The largest absolute Gasteiger partial charge is 0.453 e. The van der Waals surface area contributed by atoms with E-state index in [1.807, 2.05) is 30.3 Å². The van der Waals surface area contributed by atoms with Gasteiger partial charge in [0.05, 0.1) is 5.92 Å². The number of piperidine rings is 1. The van der Waals surface area contributed by atoms with E-state index in [4.69, 9.17) is 8.94 Å². The Morgan fingerprint density at radius 3 is 2.95 bits per heavy atom. The average molecular weight is 306 g/mol. The van der Waals surface area contributed by atoms with E-state index in [1.165, 1.54) is 0 Å². The molecule has 0 aliphatic carbocycles. The van der Waals surface area contributed by atoms with Crippen molar-refractivity contribution in [3.63, 3.8) is 0 Å². The summed E-state index contributed by atoms with van der Waals surface area (Å²) in [6, 6.07) is 9.82. The van der Waals surface area contributed by atoms with Gasteiger partial charge >= 0.3 is 0 Å². The minimum Gasteiger partial charge on any atom is -0.453 e. The number of nitrogens with zero attached hydrogens (tertiary/aromatic N) is 2. The third-order valence-corrected chi connectivity index (χ3v) is 3.73. The number of para-hydroxylation sites is 1. The van der Waals surface area contributed by atoms with Crippen LogP contribution in [0.25, 0.3) is 22.6 Å². The molecular weight excluding hydrogens is 290 g/mol. The number of halogens is 1. The van der Waals surface area contributed by atoms with Crippen LogP contribution < -0.4 is 5.32 Å². The van der Waals surface area contributed by atoms with E-state index < -0.39 is 0 Å². The first kappa shape index (κ1) is 14.1. The molecule has 1 unspecified atom stereocenters. The third kappa shape index (κ3) is 2.66. The summed E-state index contributed by atoms with van der Waals surface area (Å²) < 4.78 is 11.1. The molecule has 0 bridgehead atoms. The fourth-order valence-corrected chi connectivity index (χ4v) is 2.66. The van der Waals surface area contributed by atoms with Crippen LogP contribution in [0.15, 0.2) is 39.3 Å². The number of hydrogen-bond donors (Lipinski definition) is 1. The summed E-state index contributed by atoms with van der Waals surface area (Å²) in [6.45, 7) is 1.98. The van der Waals surface area contributed by atoms with Gasteiger partial charge in [0.2, 0.25) is 11.7 Å². The number of fused-ring (bicyclic) bond motifs is 1. The summed E-state index contributed by atoms with van der Waals surface area (Å²) in [4.78, 5) is 4.49. The SMILES string of the molecule is Cl.c1ccc2oc(-c3noc(C4CCCNC4)n3)cc2c1. The van der Waals surface area contributed by atoms with Crippen molar-refractivity contribution < 1.29 is 8.94 Å². The maximum atomic E-state index is 5.75. The topological polar surface area (TPSA) is 64.1 Å². The second-order valence-electron chi connectivity index (χ2n) is 5.15. The Bertz CT molecular complexity index is 698. The molecule has 21 heavy (non-hydrogen) atoms. The lowest BCUT2D eigenvalue weighted by atomic mass is 10.00. The Hall–Kier alpha value is -1.85. The predicted octanol–water partition coefficient (Wildman–Crippen LogP) is 3.37. The molecule has 3 aromatic rings. The molecule has 1 aliphatic heterocycles. The highest BCUT2D eigenvalue weighted by Crippen LogP contribution is 2.28. The minimum absolute atomic E-state index is 0. The Balaban J connectivity index is 0.00000132. The van der Waals surface area contributed by atoms with Crippen LogP contribution in [-0.4, -0.2) is 23.2 Å². The summed E-state index contributed by atoms with van der Waals surface area (Å²) >= 11 is 0. The predicted molar refractivity (Wildman–Crippen MR) is 81.6 cm³/mol. The molecule has 3 heterocycles. The molecule has 2 aromatic heterocycles. The van der Waals surface area contributed by atoms with Crippen molar-refractivity contribution >= 4 is 23.4 Å². The number of benzene rings is 1. The lowest BCUT2D eigenvalue weighted by Crippen LogP contribution is -2.28. The van der Waals surface area contributed by atoms with Gasteiger partial charge in [-0.3, -0.25) is 0 Å². The molecule has 1 atom stereocenters. The summed E-state index contributed by atoms with van der Waals surface area (Å²) in [7, 11) is 0. The van der Waals surface area contributed by atoms with Gasteiger partial charge in [-0.25, -0.2) is 0 Å². The van der Waals surface area contributed by atoms with E-state index in [0.29, 0.717) is 23.4 Å². The van der Waals surface area contributed by atoms with Crippen LogP contribution in [0.3, 0.4) is 0 Å². The van der Waals surface area contributed by atoms with Gasteiger partial charge in [0.1, 0.15) is 5.58 Å². The summed E-state index contributed by atoms with van der Waals surface area (Å²) in [5, 5.41) is 8.45. The van der Waals surface area contributed by atoms with E-state index in [-0.39, 0.29) is 12.4 Å². The fourth-order valence-electron chi connectivity index (χ4n) is 2.66. The Morgan fingerprint density at radius 1 is 1.24 bits per heavy atom. The van der Waals surface area contributed by atoms with Crippen LogP contribution in [0, 0.1) is 0 Å². The maximum Gasteiger partial charge on any atom is 0.238 e. The first-order chi connectivity index (χ1) is 9.90. The molecule has 0 saturated carbocycles. The normalized spacial score (nSPS) is 18.6. The van der Waals surface area contributed by atoms with Gasteiger partial charge in [-0.15, -0.1) is 12.4 Å². The highest BCUT2D eigenvalue weighted by atomic mass is 35.5. The molecule has 6 heteroatoms. The lowest BCUT2D eigenvalue weighted by Gasteiger charge is -2.18. The van der Waals surface area contributed by atoms with Crippen LogP contribution in [0.2, 0.25) is 0 Å². The Labute approximate surface area is 128 Å². The van der Waals surface area contributed by atoms with Gasteiger partial charge in [0.25, 0.3) is 0 Å². The van der Waals surface area contributed by atoms with Crippen LogP contribution in [0.4, 0.5) is 0 Å². The van der Waals surface area contributed by atoms with Crippen LogP contribution in [0.5, 0.6) is 0 Å². The fraction of sp³-hybridized carbons (Fsp3) is 0.333. The monoisotopic (exact) mass is 305 g/mol. The second-order valence-corrected chi connectivity index (χ2v) is 5.15. The number of aromatic nitrogens is 2. The first-order valence-electron chi connectivity index (χ1n) is 6.93. The van der Waals surface area contributed by atoms with Gasteiger partial charge in [-0.2, -0.15) is 4.98 Å². The highest BCUT2D eigenvalue weighted by molar-refractivity contribution is 5.85. The van der Waals surface area contributed by atoms with Crippen LogP contribution >= 0.6 is 12.4 Å². The summed E-state index contributed by atoms with van der Waals surface area (Å²) in [5.41, 5.74) is 0.841. The zero-order chi connectivity index (χ0) is 13.4. The van der Waals surface area contributed by atoms with Crippen molar-refractivity contribution in [2.45, 2.75) is 18.8 Å². The molecule has 0 amide bonds. The van der Waals surface area contributed by atoms with Crippen molar-refractivity contribution in [1.82, 2.24) is 15.5 Å². The van der Waals surface area contributed by atoms with Gasteiger partial charge in [-0.1, -0.05) is 23.4 Å². The maximum absolute atomic E-state index is 5.75. The summed E-state index contributed by atoms with van der Waals surface area (Å²) in [6.07, 6.45) is 2.24. The van der Waals surface area contributed by atoms with Gasteiger partial charge in [-0.05, 0) is 31.5 Å². The number of furan rings is 1. The summed E-state index contributed by atoms with van der Waals surface area (Å²) in [5.74, 6) is 2.20. The molecule has 1 fully saturated rings. The first-order valence-corrected chi connectivity index (χ1v) is 6.93. The van der Waals surface area contributed by atoms with E-state index >= 15 is 0 Å². The molecule has 1 aliphatic rings. The quantitative estimate of drug-likeness (QED) is 0.786. The molecule has 1 aromatic carbocycles.